The van der Waals surface area contributed by atoms with Crippen molar-refractivity contribution in [2.24, 2.45) is 5.73 Å². The van der Waals surface area contributed by atoms with Gasteiger partial charge in [-0.2, -0.15) is 0 Å². The zero-order chi connectivity index (χ0) is 14.1. The van der Waals surface area contributed by atoms with Crippen molar-refractivity contribution in [3.8, 4) is 0 Å². The fourth-order valence-corrected chi connectivity index (χ4v) is 2.72. The van der Waals surface area contributed by atoms with Crippen LogP contribution < -0.4 is 5.73 Å². The first-order valence-electron chi connectivity index (χ1n) is 7.63. The molecule has 0 saturated carbocycles. The van der Waals surface area contributed by atoms with Crippen LogP contribution in [-0.4, -0.2) is 30.6 Å². The molecule has 0 aliphatic heterocycles. The van der Waals surface area contributed by atoms with Gasteiger partial charge in [0.25, 0.3) is 0 Å². The maximum Gasteiger partial charge on any atom is 0.0326 e. The van der Waals surface area contributed by atoms with E-state index in [2.05, 4.69) is 56.1 Å². The molecule has 1 aromatic rings. The number of nitrogens with two attached hydrogens (primary N) is 1. The van der Waals surface area contributed by atoms with E-state index >= 15 is 0 Å². The van der Waals surface area contributed by atoms with E-state index in [9.17, 15) is 0 Å². The number of likely N-dealkylation sites (N-methyl/N-ethyl adjacent to an activating group) is 1. The molecule has 19 heavy (non-hydrogen) atoms. The summed E-state index contributed by atoms with van der Waals surface area (Å²) < 4.78 is 0. The first-order valence-corrected chi connectivity index (χ1v) is 7.63. The fraction of sp³-hybridized carbons (Fsp3) is 0.647. The van der Waals surface area contributed by atoms with E-state index in [0.717, 1.165) is 25.9 Å². The summed E-state index contributed by atoms with van der Waals surface area (Å²) in [7, 11) is 2.23. The molecule has 0 saturated heterocycles. The normalized spacial score (nSPS) is 14.6. The molecule has 0 aliphatic rings. The van der Waals surface area contributed by atoms with Crippen molar-refractivity contribution in [2.45, 2.75) is 51.5 Å². The van der Waals surface area contributed by atoms with Crippen molar-refractivity contribution >= 4 is 0 Å². The third-order valence-corrected chi connectivity index (χ3v) is 4.42. The Hall–Kier alpha value is -0.860. The molecule has 0 radical (unpaired) electrons. The highest BCUT2D eigenvalue weighted by molar-refractivity contribution is 5.15. The molecule has 2 nitrogen and oxygen atoms in total. The fourth-order valence-electron chi connectivity index (χ4n) is 2.72. The number of benzene rings is 1. The molecule has 1 rings (SSSR count). The Balaban J connectivity index is 2.59. The first-order chi connectivity index (χ1) is 9.18. The largest absolute Gasteiger partial charge is 0.329 e. The lowest BCUT2D eigenvalue weighted by Crippen LogP contribution is -2.52. The average Bonchev–Trinajstić information content (AvgIpc) is 2.48. The summed E-state index contributed by atoms with van der Waals surface area (Å²) in [6.45, 7) is 6.36. The molecular formula is C17H30N2. The van der Waals surface area contributed by atoms with E-state index in [-0.39, 0.29) is 5.54 Å². The quantitative estimate of drug-likeness (QED) is 0.738. The summed E-state index contributed by atoms with van der Waals surface area (Å²) in [6, 6.07) is 10.7. The topological polar surface area (TPSA) is 29.3 Å². The lowest BCUT2D eigenvalue weighted by Gasteiger charge is -2.41. The van der Waals surface area contributed by atoms with Crippen LogP contribution in [0.15, 0.2) is 30.3 Å². The van der Waals surface area contributed by atoms with Crippen LogP contribution in [0.3, 0.4) is 0 Å². The van der Waals surface area contributed by atoms with Crippen LogP contribution in [-0.2, 0) is 6.42 Å². The van der Waals surface area contributed by atoms with Gasteiger partial charge in [0.05, 0.1) is 0 Å². The Morgan fingerprint density at radius 1 is 1.16 bits per heavy atom. The first kappa shape index (κ1) is 16.2. The van der Waals surface area contributed by atoms with Crippen LogP contribution in [0, 0.1) is 0 Å². The Morgan fingerprint density at radius 3 is 2.37 bits per heavy atom. The van der Waals surface area contributed by atoms with Gasteiger partial charge >= 0.3 is 0 Å². The number of nitrogens with zero attached hydrogens (tertiary/aromatic N) is 1. The van der Waals surface area contributed by atoms with Crippen LogP contribution in [0.2, 0.25) is 0 Å². The van der Waals surface area contributed by atoms with Gasteiger partial charge in [-0.3, -0.25) is 4.90 Å². The van der Waals surface area contributed by atoms with Gasteiger partial charge in [0.1, 0.15) is 0 Å². The van der Waals surface area contributed by atoms with Gasteiger partial charge in [-0.15, -0.1) is 0 Å². The van der Waals surface area contributed by atoms with E-state index in [4.69, 9.17) is 5.73 Å². The smallest absolute Gasteiger partial charge is 0.0326 e. The van der Waals surface area contributed by atoms with E-state index in [1.165, 1.54) is 24.8 Å². The van der Waals surface area contributed by atoms with Crippen molar-refractivity contribution in [1.29, 1.82) is 0 Å². The molecule has 0 fully saturated rings. The zero-order valence-electron chi connectivity index (χ0n) is 12.9. The molecule has 2 N–H and O–H groups in total. The summed E-state index contributed by atoms with van der Waals surface area (Å²) in [5.74, 6) is 0. The molecule has 1 atom stereocenters. The van der Waals surface area contributed by atoms with Crippen LogP contribution in [0.1, 0.15) is 45.1 Å². The third-order valence-electron chi connectivity index (χ3n) is 4.42. The van der Waals surface area contributed by atoms with Gasteiger partial charge < -0.3 is 5.73 Å². The number of rotatable bonds is 9. The highest BCUT2D eigenvalue weighted by Gasteiger charge is 2.30. The van der Waals surface area contributed by atoms with Gasteiger partial charge in [-0.05, 0) is 31.9 Å². The molecule has 0 aromatic heterocycles. The second-order valence-electron chi connectivity index (χ2n) is 5.54. The number of hydrogen-bond donors (Lipinski definition) is 1. The Labute approximate surface area is 119 Å². The maximum atomic E-state index is 6.09. The van der Waals surface area contributed by atoms with Crippen molar-refractivity contribution in [2.75, 3.05) is 20.1 Å². The van der Waals surface area contributed by atoms with Crippen LogP contribution in [0.5, 0.6) is 0 Å². The monoisotopic (exact) mass is 262 g/mol. The predicted molar refractivity (Wildman–Crippen MR) is 84.4 cm³/mol. The van der Waals surface area contributed by atoms with Gasteiger partial charge in [-0.1, -0.05) is 57.0 Å². The molecule has 1 unspecified atom stereocenters. The molecule has 0 heterocycles. The number of unbranched alkanes of at least 4 members (excludes halogenated alkanes) is 1. The third kappa shape index (κ3) is 4.63. The highest BCUT2D eigenvalue weighted by atomic mass is 15.2. The van der Waals surface area contributed by atoms with Gasteiger partial charge in [0.2, 0.25) is 0 Å². The van der Waals surface area contributed by atoms with Crippen LogP contribution in [0.4, 0.5) is 0 Å². The molecular weight excluding hydrogens is 232 g/mol. The molecule has 0 spiro atoms. The minimum atomic E-state index is 0.185. The van der Waals surface area contributed by atoms with Crippen molar-refractivity contribution in [3.63, 3.8) is 0 Å². The highest BCUT2D eigenvalue weighted by Crippen LogP contribution is 2.24. The second-order valence-corrected chi connectivity index (χ2v) is 5.54. The van der Waals surface area contributed by atoms with Gasteiger partial charge in [-0.25, -0.2) is 0 Å². The van der Waals surface area contributed by atoms with Crippen LogP contribution >= 0.6 is 0 Å². The molecule has 0 aliphatic carbocycles. The Morgan fingerprint density at radius 2 is 1.84 bits per heavy atom. The average molecular weight is 262 g/mol. The summed E-state index contributed by atoms with van der Waals surface area (Å²) in [6.07, 6.45) is 5.96. The van der Waals surface area contributed by atoms with Crippen molar-refractivity contribution < 1.29 is 0 Å². The van der Waals surface area contributed by atoms with Gasteiger partial charge in [0, 0.05) is 18.6 Å². The number of hydrogen-bond acceptors (Lipinski definition) is 2. The molecule has 0 bridgehead atoms. The zero-order valence-corrected chi connectivity index (χ0v) is 12.9. The molecule has 108 valence electrons. The SMILES string of the molecule is CCCCC(CC)(CN)N(C)CCc1ccccc1. The maximum absolute atomic E-state index is 6.09. The van der Waals surface area contributed by atoms with E-state index in [1.54, 1.807) is 0 Å². The molecule has 2 heteroatoms. The second kappa shape index (κ2) is 8.34. The Kier molecular flexibility index (Phi) is 7.11. The van der Waals surface area contributed by atoms with E-state index in [0.29, 0.717) is 0 Å². The minimum absolute atomic E-state index is 0.185. The standard InChI is InChI=1S/C17H30N2/c1-4-6-13-17(5-2,15-18)19(3)14-12-16-10-8-7-9-11-16/h7-11H,4-6,12-15,18H2,1-3H3. The van der Waals surface area contributed by atoms with Gasteiger partial charge in [0.15, 0.2) is 0 Å². The van der Waals surface area contributed by atoms with Crippen molar-refractivity contribution in [3.05, 3.63) is 35.9 Å². The molecule has 1 aromatic carbocycles. The summed E-state index contributed by atoms with van der Waals surface area (Å²) in [4.78, 5) is 2.48. The summed E-state index contributed by atoms with van der Waals surface area (Å²) in [5.41, 5.74) is 7.68. The Bertz CT molecular complexity index is 330. The van der Waals surface area contributed by atoms with Crippen molar-refractivity contribution in [1.82, 2.24) is 4.90 Å². The summed E-state index contributed by atoms with van der Waals surface area (Å²) >= 11 is 0. The van der Waals surface area contributed by atoms with Crippen LogP contribution in [0.25, 0.3) is 0 Å². The minimum Gasteiger partial charge on any atom is -0.329 e. The van der Waals surface area contributed by atoms with E-state index in [1.807, 2.05) is 0 Å². The summed E-state index contributed by atoms with van der Waals surface area (Å²) in [5, 5.41) is 0. The van der Waals surface area contributed by atoms with E-state index < -0.39 is 0 Å². The predicted octanol–water partition coefficient (Wildman–Crippen LogP) is 3.46. The molecule has 0 amide bonds. The lowest BCUT2D eigenvalue weighted by molar-refractivity contribution is 0.109. The lowest BCUT2D eigenvalue weighted by atomic mass is 9.88.